The molecule has 6 heteroatoms. The van der Waals surface area contributed by atoms with Crippen molar-refractivity contribution in [1.29, 1.82) is 0 Å². The molecule has 0 unspecified atom stereocenters. The molecular weight excluding hydrogens is 420 g/mol. The molecule has 1 aliphatic rings. The summed E-state index contributed by atoms with van der Waals surface area (Å²) in [6, 6.07) is 15.4. The minimum atomic E-state index is -0.180. The van der Waals surface area contributed by atoms with Crippen LogP contribution in [0.3, 0.4) is 0 Å². The number of amides is 2. The molecular formula is C22H25BrN2O3. The van der Waals surface area contributed by atoms with Gasteiger partial charge in [0.05, 0.1) is 0 Å². The number of halogens is 1. The third kappa shape index (κ3) is 5.13. The van der Waals surface area contributed by atoms with Crippen LogP contribution in [-0.4, -0.2) is 31.5 Å². The Kier molecular flexibility index (Phi) is 6.39. The largest absolute Gasteiger partial charge is 0.484 e. The number of nitrogens with zero attached hydrogens (tertiary/aromatic N) is 1. The number of carbonyl (C=O) groups is 2. The van der Waals surface area contributed by atoms with Crippen LogP contribution >= 0.6 is 15.9 Å². The van der Waals surface area contributed by atoms with Gasteiger partial charge >= 0.3 is 0 Å². The predicted octanol–water partition coefficient (Wildman–Crippen LogP) is 4.05. The van der Waals surface area contributed by atoms with Crippen molar-refractivity contribution in [2.45, 2.75) is 32.1 Å². The topological polar surface area (TPSA) is 58.6 Å². The highest BCUT2D eigenvalue weighted by molar-refractivity contribution is 9.10. The highest BCUT2D eigenvalue weighted by Gasteiger charge is 2.22. The van der Waals surface area contributed by atoms with E-state index in [1.165, 1.54) is 0 Å². The summed E-state index contributed by atoms with van der Waals surface area (Å²) in [5, 5.41) is 2.94. The van der Waals surface area contributed by atoms with Crippen LogP contribution in [-0.2, 0) is 15.0 Å². The molecule has 0 radical (unpaired) electrons. The van der Waals surface area contributed by atoms with Gasteiger partial charge < -0.3 is 15.0 Å². The van der Waals surface area contributed by atoms with E-state index in [2.05, 4.69) is 47.2 Å². The lowest BCUT2D eigenvalue weighted by molar-refractivity contribution is -0.123. The van der Waals surface area contributed by atoms with Gasteiger partial charge in [-0.1, -0.05) is 41.9 Å². The number of hydrogen-bond acceptors (Lipinski definition) is 3. The summed E-state index contributed by atoms with van der Waals surface area (Å²) in [6.07, 6.45) is 1.50. The Morgan fingerprint density at radius 2 is 1.82 bits per heavy atom. The normalized spacial score (nSPS) is 14.2. The van der Waals surface area contributed by atoms with Gasteiger partial charge in [-0.15, -0.1) is 0 Å². The van der Waals surface area contributed by atoms with Crippen LogP contribution in [0.25, 0.3) is 0 Å². The quantitative estimate of drug-likeness (QED) is 0.700. The number of anilines is 1. The van der Waals surface area contributed by atoms with Gasteiger partial charge in [-0.05, 0) is 48.4 Å². The lowest BCUT2D eigenvalue weighted by Crippen LogP contribution is -2.38. The summed E-state index contributed by atoms with van der Waals surface area (Å²) < 4.78 is 6.61. The molecule has 2 aromatic rings. The molecule has 1 N–H and O–H groups in total. The zero-order valence-electron chi connectivity index (χ0n) is 16.2. The summed E-state index contributed by atoms with van der Waals surface area (Å²) in [4.78, 5) is 25.7. The van der Waals surface area contributed by atoms with E-state index >= 15 is 0 Å². The first-order chi connectivity index (χ1) is 13.3. The van der Waals surface area contributed by atoms with Gasteiger partial charge in [-0.3, -0.25) is 9.59 Å². The third-order valence-electron chi connectivity index (χ3n) is 4.94. The molecule has 2 aromatic carbocycles. The molecule has 0 atom stereocenters. The molecule has 1 saturated heterocycles. The Balaban J connectivity index is 1.47. The van der Waals surface area contributed by atoms with Gasteiger partial charge in [0.15, 0.2) is 6.61 Å². The summed E-state index contributed by atoms with van der Waals surface area (Å²) in [5.41, 5.74) is 1.85. The van der Waals surface area contributed by atoms with Crippen molar-refractivity contribution in [3.8, 4) is 5.75 Å². The first-order valence-corrected chi connectivity index (χ1v) is 10.2. The van der Waals surface area contributed by atoms with Gasteiger partial charge in [-0.25, -0.2) is 0 Å². The average Bonchev–Trinajstić information content (AvgIpc) is 3.11. The van der Waals surface area contributed by atoms with Crippen LogP contribution in [0.1, 0.15) is 32.3 Å². The van der Waals surface area contributed by atoms with E-state index in [4.69, 9.17) is 4.74 Å². The minimum absolute atomic E-state index is 0.0432. The lowest BCUT2D eigenvalue weighted by Gasteiger charge is -2.25. The monoisotopic (exact) mass is 444 g/mol. The first-order valence-electron chi connectivity index (χ1n) is 9.41. The molecule has 1 heterocycles. The summed E-state index contributed by atoms with van der Waals surface area (Å²) in [5.74, 6) is 0.600. The first kappa shape index (κ1) is 20.4. The molecule has 1 fully saturated rings. The lowest BCUT2D eigenvalue weighted by atomic mass is 9.84. The van der Waals surface area contributed by atoms with Crippen LogP contribution in [0.5, 0.6) is 5.75 Å². The Bertz CT molecular complexity index is 832. The molecule has 0 saturated carbocycles. The van der Waals surface area contributed by atoms with Crippen molar-refractivity contribution < 1.29 is 14.3 Å². The maximum atomic E-state index is 12.2. The summed E-state index contributed by atoms with van der Waals surface area (Å²) >= 11 is 3.44. The predicted molar refractivity (Wildman–Crippen MR) is 114 cm³/mol. The third-order valence-corrected chi connectivity index (χ3v) is 5.47. The molecule has 0 spiro atoms. The second kappa shape index (κ2) is 8.78. The minimum Gasteiger partial charge on any atom is -0.484 e. The van der Waals surface area contributed by atoms with Gasteiger partial charge in [0, 0.05) is 35.1 Å². The van der Waals surface area contributed by atoms with Crippen LogP contribution in [0.2, 0.25) is 0 Å². The molecule has 28 heavy (non-hydrogen) atoms. The second-order valence-corrected chi connectivity index (χ2v) is 8.51. The number of carbonyl (C=O) groups excluding carboxylic acids is 2. The fourth-order valence-corrected chi connectivity index (χ4v) is 3.43. The molecule has 1 aliphatic heterocycles. The smallest absolute Gasteiger partial charge is 0.257 e. The molecule has 0 bridgehead atoms. The Morgan fingerprint density at radius 3 is 2.43 bits per heavy atom. The molecule has 0 aromatic heterocycles. The van der Waals surface area contributed by atoms with E-state index in [1.54, 1.807) is 17.0 Å². The van der Waals surface area contributed by atoms with Gasteiger partial charge in [0.2, 0.25) is 5.91 Å². The van der Waals surface area contributed by atoms with Gasteiger partial charge in [-0.2, -0.15) is 0 Å². The van der Waals surface area contributed by atoms with E-state index in [1.807, 2.05) is 24.3 Å². The zero-order chi connectivity index (χ0) is 20.1. The Labute approximate surface area is 174 Å². The van der Waals surface area contributed by atoms with Crippen molar-refractivity contribution in [2.75, 3.05) is 24.6 Å². The number of nitrogens with one attached hydrogen (secondary N) is 1. The second-order valence-electron chi connectivity index (χ2n) is 7.60. The SMILES string of the molecule is CC(C)(CNC(=O)COc1ccc(N2CCCC2=O)cc1)c1ccc(Br)cc1. The highest BCUT2D eigenvalue weighted by atomic mass is 79.9. The van der Waals surface area contributed by atoms with Crippen LogP contribution in [0, 0.1) is 0 Å². The van der Waals surface area contributed by atoms with Crippen molar-refractivity contribution in [1.82, 2.24) is 5.32 Å². The number of hydrogen-bond donors (Lipinski definition) is 1. The van der Waals surface area contributed by atoms with Gasteiger partial charge in [0.25, 0.3) is 5.91 Å². The highest BCUT2D eigenvalue weighted by Crippen LogP contribution is 2.25. The molecule has 3 rings (SSSR count). The van der Waals surface area contributed by atoms with Crippen molar-refractivity contribution >= 4 is 33.4 Å². The van der Waals surface area contributed by atoms with E-state index < -0.39 is 0 Å². The van der Waals surface area contributed by atoms with E-state index in [0.717, 1.165) is 28.7 Å². The average molecular weight is 445 g/mol. The number of ether oxygens (including phenoxy) is 1. The standard InChI is InChI=1S/C22H25BrN2O3/c1-22(2,16-5-7-17(23)8-6-16)15-24-20(26)14-28-19-11-9-18(10-12-19)25-13-3-4-21(25)27/h5-12H,3-4,13-15H2,1-2H3,(H,24,26). The Morgan fingerprint density at radius 1 is 1.14 bits per heavy atom. The summed E-state index contributed by atoms with van der Waals surface area (Å²) in [6.45, 7) is 5.42. The molecule has 148 valence electrons. The molecule has 2 amide bonds. The fourth-order valence-electron chi connectivity index (χ4n) is 3.17. The van der Waals surface area contributed by atoms with E-state index in [-0.39, 0.29) is 23.8 Å². The maximum absolute atomic E-state index is 12.2. The molecule has 5 nitrogen and oxygen atoms in total. The fraction of sp³-hybridized carbons (Fsp3) is 0.364. The van der Waals surface area contributed by atoms with Crippen molar-refractivity contribution in [3.63, 3.8) is 0 Å². The van der Waals surface area contributed by atoms with Gasteiger partial charge in [0.1, 0.15) is 5.75 Å². The van der Waals surface area contributed by atoms with Crippen LogP contribution < -0.4 is 15.0 Å². The number of rotatable bonds is 7. The zero-order valence-corrected chi connectivity index (χ0v) is 17.8. The van der Waals surface area contributed by atoms with Crippen molar-refractivity contribution in [3.05, 3.63) is 58.6 Å². The van der Waals surface area contributed by atoms with Crippen LogP contribution in [0.4, 0.5) is 5.69 Å². The Hall–Kier alpha value is -2.34. The van der Waals surface area contributed by atoms with Crippen molar-refractivity contribution in [2.24, 2.45) is 0 Å². The van der Waals surface area contributed by atoms with Crippen LogP contribution in [0.15, 0.2) is 53.0 Å². The summed E-state index contributed by atoms with van der Waals surface area (Å²) in [7, 11) is 0. The van der Waals surface area contributed by atoms with E-state index in [0.29, 0.717) is 18.7 Å². The number of benzene rings is 2. The van der Waals surface area contributed by atoms with E-state index in [9.17, 15) is 9.59 Å². The molecule has 0 aliphatic carbocycles. The maximum Gasteiger partial charge on any atom is 0.257 e.